The molecule has 2 rings (SSSR count). The van der Waals surface area contributed by atoms with Gasteiger partial charge in [-0.15, -0.1) is 0 Å². The highest BCUT2D eigenvalue weighted by atomic mass is 16.5. The molecule has 138 valence electrons. The lowest BCUT2D eigenvalue weighted by Crippen LogP contribution is -2.45. The number of amides is 1. The molecule has 2 aromatic carbocycles. The lowest BCUT2D eigenvalue weighted by molar-refractivity contribution is -0.146. The Morgan fingerprint density at radius 1 is 1.00 bits per heavy atom. The van der Waals surface area contributed by atoms with Gasteiger partial charge in [0.15, 0.2) is 6.10 Å². The second-order valence-corrected chi connectivity index (χ2v) is 5.67. The van der Waals surface area contributed by atoms with E-state index in [1.54, 1.807) is 19.2 Å². The van der Waals surface area contributed by atoms with Crippen molar-refractivity contribution in [3.05, 3.63) is 65.7 Å². The predicted octanol–water partition coefficient (Wildman–Crippen LogP) is 2.28. The molecule has 0 aliphatic heterocycles. The van der Waals surface area contributed by atoms with Gasteiger partial charge in [0.25, 0.3) is 5.91 Å². The predicted molar refractivity (Wildman–Crippen MR) is 96.8 cm³/mol. The minimum absolute atomic E-state index is 0.279. The Morgan fingerprint density at radius 3 is 2.35 bits per heavy atom. The first-order valence-corrected chi connectivity index (χ1v) is 8.18. The lowest BCUT2D eigenvalue weighted by Gasteiger charge is -2.21. The first kappa shape index (κ1) is 19.5. The van der Waals surface area contributed by atoms with Crippen molar-refractivity contribution in [1.29, 1.82) is 0 Å². The van der Waals surface area contributed by atoms with Gasteiger partial charge in [-0.3, -0.25) is 4.79 Å². The van der Waals surface area contributed by atoms with Crippen LogP contribution >= 0.6 is 0 Å². The van der Waals surface area contributed by atoms with Gasteiger partial charge < -0.3 is 19.5 Å². The second kappa shape index (κ2) is 9.58. The standard InChI is InChI=1S/C20H23NO5/c1-24-16-11-7-8-14(12-16)13-17(20(23)26-3)21-19(22)18(25-2)15-9-5-4-6-10-15/h4-12,17-18H,13H2,1-3H3,(H,21,22)/t17-,18-/m1/s1. The summed E-state index contributed by atoms with van der Waals surface area (Å²) < 4.78 is 15.3. The molecule has 0 saturated heterocycles. The largest absolute Gasteiger partial charge is 0.497 e. The van der Waals surface area contributed by atoms with Gasteiger partial charge >= 0.3 is 5.97 Å². The van der Waals surface area contributed by atoms with E-state index in [9.17, 15) is 9.59 Å². The van der Waals surface area contributed by atoms with Gasteiger partial charge in [0.05, 0.1) is 14.2 Å². The normalized spacial score (nSPS) is 12.7. The van der Waals surface area contributed by atoms with Crippen LogP contribution in [-0.2, 0) is 25.5 Å². The highest BCUT2D eigenvalue weighted by Crippen LogP contribution is 2.18. The van der Waals surface area contributed by atoms with Crippen LogP contribution in [0.4, 0.5) is 0 Å². The molecule has 0 bridgehead atoms. The molecular formula is C20H23NO5. The third-order valence-corrected chi connectivity index (χ3v) is 3.95. The molecule has 0 aliphatic carbocycles. The Kier molecular flexibility index (Phi) is 7.17. The molecule has 0 unspecified atom stereocenters. The van der Waals surface area contributed by atoms with Crippen LogP contribution in [0.2, 0.25) is 0 Å². The number of nitrogens with one attached hydrogen (secondary N) is 1. The van der Waals surface area contributed by atoms with Gasteiger partial charge in [-0.1, -0.05) is 42.5 Å². The number of esters is 1. The summed E-state index contributed by atoms with van der Waals surface area (Å²) >= 11 is 0. The van der Waals surface area contributed by atoms with Gasteiger partial charge in [0.1, 0.15) is 11.8 Å². The summed E-state index contributed by atoms with van der Waals surface area (Å²) in [5.41, 5.74) is 1.55. The quantitative estimate of drug-likeness (QED) is 0.734. The molecule has 2 atom stereocenters. The fourth-order valence-electron chi connectivity index (χ4n) is 2.64. The molecule has 0 aromatic heterocycles. The average Bonchev–Trinajstić information content (AvgIpc) is 2.68. The van der Waals surface area contributed by atoms with E-state index in [2.05, 4.69) is 5.32 Å². The summed E-state index contributed by atoms with van der Waals surface area (Å²) in [7, 11) is 4.31. The van der Waals surface area contributed by atoms with Crippen LogP contribution in [-0.4, -0.2) is 39.2 Å². The SMILES string of the molecule is COC(=O)[C@@H](Cc1cccc(OC)c1)NC(=O)[C@H](OC)c1ccccc1. The highest BCUT2D eigenvalue weighted by molar-refractivity contribution is 5.87. The zero-order valence-corrected chi connectivity index (χ0v) is 15.1. The molecule has 6 nitrogen and oxygen atoms in total. The van der Waals surface area contributed by atoms with Crippen molar-refractivity contribution in [3.8, 4) is 5.75 Å². The maximum atomic E-state index is 12.7. The summed E-state index contributed by atoms with van der Waals surface area (Å²) in [6, 6.07) is 15.6. The van der Waals surface area contributed by atoms with Gasteiger partial charge in [0.2, 0.25) is 0 Å². The zero-order valence-electron chi connectivity index (χ0n) is 15.1. The second-order valence-electron chi connectivity index (χ2n) is 5.67. The van der Waals surface area contributed by atoms with Crippen LogP contribution < -0.4 is 10.1 Å². The van der Waals surface area contributed by atoms with Crippen molar-refractivity contribution in [2.45, 2.75) is 18.6 Å². The molecule has 1 N–H and O–H groups in total. The molecule has 0 aliphatic rings. The summed E-state index contributed by atoms with van der Waals surface area (Å²) in [6.45, 7) is 0. The Bertz CT molecular complexity index is 732. The molecule has 0 heterocycles. The zero-order chi connectivity index (χ0) is 18.9. The molecule has 0 radical (unpaired) electrons. The van der Waals surface area contributed by atoms with E-state index in [1.807, 2.05) is 42.5 Å². The number of hydrogen-bond donors (Lipinski definition) is 1. The van der Waals surface area contributed by atoms with Crippen LogP contribution in [0.1, 0.15) is 17.2 Å². The van der Waals surface area contributed by atoms with Crippen molar-refractivity contribution in [2.24, 2.45) is 0 Å². The number of carbonyl (C=O) groups is 2. The Morgan fingerprint density at radius 2 is 1.73 bits per heavy atom. The van der Waals surface area contributed by atoms with E-state index in [-0.39, 0.29) is 6.42 Å². The Labute approximate surface area is 153 Å². The third-order valence-electron chi connectivity index (χ3n) is 3.95. The molecule has 6 heteroatoms. The Hall–Kier alpha value is -2.86. The van der Waals surface area contributed by atoms with Crippen LogP contribution in [0.15, 0.2) is 54.6 Å². The fourth-order valence-corrected chi connectivity index (χ4v) is 2.64. The number of hydrogen-bond acceptors (Lipinski definition) is 5. The highest BCUT2D eigenvalue weighted by Gasteiger charge is 2.27. The third kappa shape index (κ3) is 5.07. The van der Waals surface area contributed by atoms with Crippen LogP contribution in [0.3, 0.4) is 0 Å². The molecular weight excluding hydrogens is 334 g/mol. The lowest BCUT2D eigenvalue weighted by atomic mass is 10.0. The van der Waals surface area contributed by atoms with Gasteiger partial charge in [-0.05, 0) is 23.3 Å². The van der Waals surface area contributed by atoms with E-state index < -0.39 is 24.0 Å². The average molecular weight is 357 g/mol. The van der Waals surface area contributed by atoms with Crippen molar-refractivity contribution in [2.75, 3.05) is 21.3 Å². The van der Waals surface area contributed by atoms with Gasteiger partial charge in [-0.25, -0.2) is 4.79 Å². The van der Waals surface area contributed by atoms with Crippen LogP contribution in [0.25, 0.3) is 0 Å². The van der Waals surface area contributed by atoms with Crippen LogP contribution in [0, 0.1) is 0 Å². The van der Waals surface area contributed by atoms with Gasteiger partial charge in [0, 0.05) is 13.5 Å². The first-order chi connectivity index (χ1) is 12.6. The number of benzene rings is 2. The maximum Gasteiger partial charge on any atom is 0.328 e. The van der Waals surface area contributed by atoms with Crippen LogP contribution in [0.5, 0.6) is 5.75 Å². The minimum Gasteiger partial charge on any atom is -0.497 e. The minimum atomic E-state index is -0.832. The molecule has 0 spiro atoms. The summed E-state index contributed by atoms with van der Waals surface area (Å²) in [5.74, 6) is -0.252. The first-order valence-electron chi connectivity index (χ1n) is 8.18. The van der Waals surface area contributed by atoms with Gasteiger partial charge in [-0.2, -0.15) is 0 Å². The van der Waals surface area contributed by atoms with E-state index in [4.69, 9.17) is 14.2 Å². The monoisotopic (exact) mass is 357 g/mol. The molecule has 26 heavy (non-hydrogen) atoms. The molecule has 0 fully saturated rings. The van der Waals surface area contributed by atoms with E-state index >= 15 is 0 Å². The summed E-state index contributed by atoms with van der Waals surface area (Å²) in [6.07, 6.45) is -0.533. The number of carbonyl (C=O) groups excluding carboxylic acids is 2. The van der Waals surface area contributed by atoms with Crippen molar-refractivity contribution >= 4 is 11.9 Å². The maximum absolute atomic E-state index is 12.7. The van der Waals surface area contributed by atoms with E-state index in [1.165, 1.54) is 14.2 Å². The smallest absolute Gasteiger partial charge is 0.328 e. The fraction of sp³-hybridized carbons (Fsp3) is 0.300. The number of rotatable bonds is 8. The van der Waals surface area contributed by atoms with E-state index in [0.29, 0.717) is 11.3 Å². The summed E-state index contributed by atoms with van der Waals surface area (Å²) in [5, 5.41) is 2.72. The van der Waals surface area contributed by atoms with Crippen molar-refractivity contribution in [3.63, 3.8) is 0 Å². The molecule has 1 amide bonds. The topological polar surface area (TPSA) is 73.9 Å². The number of ether oxygens (including phenoxy) is 3. The van der Waals surface area contributed by atoms with Crippen molar-refractivity contribution in [1.82, 2.24) is 5.32 Å². The van der Waals surface area contributed by atoms with E-state index in [0.717, 1.165) is 5.56 Å². The molecule has 0 saturated carbocycles. The Balaban J connectivity index is 2.16. The van der Waals surface area contributed by atoms with Crippen molar-refractivity contribution < 1.29 is 23.8 Å². The number of methoxy groups -OCH3 is 3. The summed E-state index contributed by atoms with van der Waals surface area (Å²) in [4.78, 5) is 24.8. The molecule has 2 aromatic rings.